The van der Waals surface area contributed by atoms with Crippen molar-refractivity contribution in [3.8, 4) is 0 Å². The van der Waals surface area contributed by atoms with Crippen molar-refractivity contribution in [1.82, 2.24) is 14.5 Å². The summed E-state index contributed by atoms with van der Waals surface area (Å²) >= 11 is 0. The molecule has 0 aliphatic rings. The van der Waals surface area contributed by atoms with Crippen LogP contribution >= 0.6 is 0 Å². The summed E-state index contributed by atoms with van der Waals surface area (Å²) in [6.45, 7) is -0.0927. The average Bonchev–Trinajstić information content (AvgIpc) is 3.03. The summed E-state index contributed by atoms with van der Waals surface area (Å²) in [6.07, 6.45) is -3.36. The average molecular weight is 369 g/mol. The van der Waals surface area contributed by atoms with Gasteiger partial charge in [0.15, 0.2) is 5.69 Å². The van der Waals surface area contributed by atoms with Crippen LogP contribution in [0.3, 0.4) is 0 Å². The molecular weight excluding hydrogens is 355 g/mol. The van der Waals surface area contributed by atoms with Crippen molar-refractivity contribution in [2.45, 2.75) is 17.6 Å². The minimum atomic E-state index is -4.52. The highest BCUT2D eigenvalue weighted by Gasteiger charge is 2.33. The van der Waals surface area contributed by atoms with Crippen LogP contribution in [-0.4, -0.2) is 24.7 Å². The molecule has 1 N–H and O–H groups in total. The van der Waals surface area contributed by atoms with Crippen molar-refractivity contribution in [2.24, 2.45) is 0 Å². The summed E-state index contributed by atoms with van der Waals surface area (Å²) in [5, 5.41) is 4.74. The molecule has 0 fully saturated rings. The van der Waals surface area contributed by atoms with Crippen LogP contribution in [0.5, 0.6) is 0 Å². The van der Waals surface area contributed by atoms with Crippen LogP contribution in [-0.2, 0) is 22.7 Å². The number of rotatable bonds is 5. The predicted molar refractivity (Wildman–Crippen MR) is 86.4 cm³/mol. The maximum atomic E-state index is 12.5. The molecular formula is C16H14F3N3O2S. The molecule has 0 amide bonds. The van der Waals surface area contributed by atoms with Crippen LogP contribution in [0.15, 0.2) is 59.6 Å². The standard InChI is InChI=1S/C16H14F3N3O2S/c17-16(18,19)15-8-10-22(21-15)11-9-20-25(23,24)14-7-3-5-12-4-1-2-6-13(12)14/h1-8,10,20H,9,11H2. The van der Waals surface area contributed by atoms with Crippen molar-refractivity contribution >= 4 is 20.8 Å². The lowest BCUT2D eigenvalue weighted by Crippen LogP contribution is -2.27. The molecule has 0 radical (unpaired) electrons. The van der Waals surface area contributed by atoms with Gasteiger partial charge in [-0.2, -0.15) is 18.3 Å². The molecule has 1 heterocycles. The molecule has 1 aromatic heterocycles. The maximum absolute atomic E-state index is 12.5. The van der Waals surface area contributed by atoms with Gasteiger partial charge in [-0.3, -0.25) is 4.68 Å². The lowest BCUT2D eigenvalue weighted by Gasteiger charge is -2.10. The lowest BCUT2D eigenvalue weighted by atomic mass is 10.1. The van der Waals surface area contributed by atoms with Crippen LogP contribution in [0.25, 0.3) is 10.8 Å². The summed E-state index contributed by atoms with van der Waals surface area (Å²) in [4.78, 5) is 0.127. The van der Waals surface area contributed by atoms with Gasteiger partial charge in [-0.1, -0.05) is 36.4 Å². The number of nitrogens with one attached hydrogen (secondary N) is 1. The molecule has 3 aromatic rings. The molecule has 0 atom stereocenters. The normalized spacial score (nSPS) is 12.6. The molecule has 25 heavy (non-hydrogen) atoms. The van der Waals surface area contributed by atoms with E-state index < -0.39 is 21.9 Å². The quantitative estimate of drug-likeness (QED) is 0.752. The number of aromatic nitrogens is 2. The molecule has 5 nitrogen and oxygen atoms in total. The van der Waals surface area contributed by atoms with E-state index in [0.29, 0.717) is 5.39 Å². The molecule has 0 bridgehead atoms. The van der Waals surface area contributed by atoms with Gasteiger partial charge in [0.2, 0.25) is 10.0 Å². The number of halogens is 3. The second-order valence-corrected chi connectivity index (χ2v) is 7.07. The van der Waals surface area contributed by atoms with E-state index in [-0.39, 0.29) is 18.0 Å². The highest BCUT2D eigenvalue weighted by molar-refractivity contribution is 7.89. The summed E-state index contributed by atoms with van der Waals surface area (Å²) in [7, 11) is -3.79. The first-order valence-electron chi connectivity index (χ1n) is 7.35. The van der Waals surface area contributed by atoms with Gasteiger partial charge in [0.1, 0.15) is 0 Å². The number of sulfonamides is 1. The number of hydrogen-bond donors (Lipinski definition) is 1. The third-order valence-electron chi connectivity index (χ3n) is 3.60. The molecule has 0 aliphatic carbocycles. The zero-order valence-electron chi connectivity index (χ0n) is 12.9. The highest BCUT2D eigenvalue weighted by Crippen LogP contribution is 2.27. The summed E-state index contributed by atoms with van der Waals surface area (Å²) in [5.74, 6) is 0. The third-order valence-corrected chi connectivity index (χ3v) is 5.12. The maximum Gasteiger partial charge on any atom is 0.435 e. The van der Waals surface area contributed by atoms with E-state index in [0.717, 1.165) is 22.3 Å². The third kappa shape index (κ3) is 3.83. The van der Waals surface area contributed by atoms with Crippen LogP contribution in [0.4, 0.5) is 13.2 Å². The van der Waals surface area contributed by atoms with E-state index in [2.05, 4.69) is 9.82 Å². The Morgan fingerprint density at radius 1 is 1.04 bits per heavy atom. The van der Waals surface area contributed by atoms with Gasteiger partial charge in [-0.05, 0) is 17.5 Å². The van der Waals surface area contributed by atoms with E-state index in [9.17, 15) is 21.6 Å². The van der Waals surface area contributed by atoms with Gasteiger partial charge in [-0.25, -0.2) is 13.1 Å². The largest absolute Gasteiger partial charge is 0.435 e. The monoisotopic (exact) mass is 369 g/mol. The molecule has 3 rings (SSSR count). The molecule has 0 saturated heterocycles. The Hall–Kier alpha value is -2.39. The molecule has 0 aliphatic heterocycles. The minimum Gasteiger partial charge on any atom is -0.271 e. The van der Waals surface area contributed by atoms with Crippen LogP contribution in [0, 0.1) is 0 Å². The van der Waals surface area contributed by atoms with Crippen molar-refractivity contribution in [2.75, 3.05) is 6.54 Å². The summed E-state index contributed by atoms with van der Waals surface area (Å²) in [6, 6.07) is 12.8. The van der Waals surface area contributed by atoms with Crippen LogP contribution in [0.1, 0.15) is 5.69 Å². The first-order chi connectivity index (χ1) is 11.8. The molecule has 0 saturated carbocycles. The Kier molecular flexibility index (Phi) is 4.53. The minimum absolute atomic E-state index is 0.0138. The van der Waals surface area contributed by atoms with E-state index in [4.69, 9.17) is 0 Å². The van der Waals surface area contributed by atoms with E-state index in [1.807, 2.05) is 6.07 Å². The summed E-state index contributed by atoms with van der Waals surface area (Å²) in [5.41, 5.74) is -1.01. The second kappa shape index (κ2) is 6.49. The van der Waals surface area contributed by atoms with Crippen molar-refractivity contribution in [3.05, 3.63) is 60.4 Å². The smallest absolute Gasteiger partial charge is 0.271 e. The van der Waals surface area contributed by atoms with Crippen molar-refractivity contribution in [3.63, 3.8) is 0 Å². The van der Waals surface area contributed by atoms with Gasteiger partial charge in [-0.15, -0.1) is 0 Å². The fraction of sp³-hybridized carbons (Fsp3) is 0.188. The van der Waals surface area contributed by atoms with Crippen LogP contribution < -0.4 is 4.72 Å². The number of alkyl halides is 3. The lowest BCUT2D eigenvalue weighted by molar-refractivity contribution is -0.141. The first kappa shape index (κ1) is 17.4. The Labute approximate surface area is 142 Å². The molecule has 0 spiro atoms. The van der Waals surface area contributed by atoms with Gasteiger partial charge in [0.25, 0.3) is 0 Å². The fourth-order valence-electron chi connectivity index (χ4n) is 2.44. The molecule has 132 valence electrons. The topological polar surface area (TPSA) is 64.0 Å². The highest BCUT2D eigenvalue weighted by atomic mass is 32.2. The van der Waals surface area contributed by atoms with E-state index in [1.165, 1.54) is 6.07 Å². The Bertz CT molecular complexity index is 992. The molecule has 9 heteroatoms. The molecule has 0 unspecified atom stereocenters. The Morgan fingerprint density at radius 3 is 2.48 bits per heavy atom. The van der Waals surface area contributed by atoms with Crippen molar-refractivity contribution in [1.29, 1.82) is 0 Å². The number of benzene rings is 2. The van der Waals surface area contributed by atoms with Gasteiger partial charge < -0.3 is 0 Å². The fourth-order valence-corrected chi connectivity index (χ4v) is 3.69. The predicted octanol–water partition coefficient (Wildman–Crippen LogP) is 3.03. The second-order valence-electron chi connectivity index (χ2n) is 5.34. The van der Waals surface area contributed by atoms with Crippen LogP contribution in [0.2, 0.25) is 0 Å². The zero-order chi connectivity index (χ0) is 18.1. The Balaban J connectivity index is 1.73. The molecule has 2 aromatic carbocycles. The zero-order valence-corrected chi connectivity index (χ0v) is 13.7. The van der Waals surface area contributed by atoms with Gasteiger partial charge in [0.05, 0.1) is 11.4 Å². The van der Waals surface area contributed by atoms with E-state index in [1.54, 1.807) is 30.3 Å². The number of nitrogens with zero attached hydrogens (tertiary/aromatic N) is 2. The summed E-state index contributed by atoms with van der Waals surface area (Å²) < 4.78 is 65.9. The SMILES string of the molecule is O=S(=O)(NCCn1ccc(C(F)(F)F)n1)c1cccc2ccccc12. The first-order valence-corrected chi connectivity index (χ1v) is 8.84. The number of hydrogen-bond acceptors (Lipinski definition) is 3. The van der Waals surface area contributed by atoms with Crippen molar-refractivity contribution < 1.29 is 21.6 Å². The van der Waals surface area contributed by atoms with Gasteiger partial charge in [0, 0.05) is 18.1 Å². The van der Waals surface area contributed by atoms with Gasteiger partial charge >= 0.3 is 6.18 Å². The Morgan fingerprint density at radius 2 is 1.76 bits per heavy atom. The number of fused-ring (bicyclic) bond motifs is 1. The van der Waals surface area contributed by atoms with E-state index >= 15 is 0 Å².